The highest BCUT2D eigenvalue weighted by Crippen LogP contribution is 2.30. The molecule has 0 spiro atoms. The van der Waals surface area contributed by atoms with Crippen LogP contribution in [0.15, 0.2) is 61.1 Å². The van der Waals surface area contributed by atoms with Crippen LogP contribution in [0.3, 0.4) is 0 Å². The summed E-state index contributed by atoms with van der Waals surface area (Å²) in [6.45, 7) is 4.87. The molecule has 3 heterocycles. The highest BCUT2D eigenvalue weighted by Gasteiger charge is 2.14. The van der Waals surface area contributed by atoms with Crippen molar-refractivity contribution in [1.29, 1.82) is 0 Å². The van der Waals surface area contributed by atoms with Gasteiger partial charge in [-0.2, -0.15) is 0 Å². The van der Waals surface area contributed by atoms with E-state index in [1.807, 2.05) is 37.4 Å². The summed E-state index contributed by atoms with van der Waals surface area (Å²) < 4.78 is 11.6. The van der Waals surface area contributed by atoms with Crippen molar-refractivity contribution in [2.75, 3.05) is 29.9 Å². The van der Waals surface area contributed by atoms with Gasteiger partial charge in [0.05, 0.1) is 18.5 Å². The van der Waals surface area contributed by atoms with Crippen LogP contribution in [0.1, 0.15) is 42.1 Å². The fourth-order valence-electron chi connectivity index (χ4n) is 3.66. The Hall–Kier alpha value is -3.61. The molecule has 1 aliphatic heterocycles. The van der Waals surface area contributed by atoms with Crippen LogP contribution in [0, 0.1) is 0 Å². The molecule has 1 amide bonds. The SMILES string of the molecule is CCOc1cc(C(=O)Nc2ccc(N3CCCCC3)cn2)ccc1OCc1ccncc1. The Balaban J connectivity index is 1.41. The fourth-order valence-corrected chi connectivity index (χ4v) is 3.66. The van der Waals surface area contributed by atoms with Crippen molar-refractivity contribution in [2.45, 2.75) is 32.8 Å². The third-order valence-electron chi connectivity index (χ3n) is 5.36. The summed E-state index contributed by atoms with van der Waals surface area (Å²) >= 11 is 0. The van der Waals surface area contributed by atoms with Crippen LogP contribution in [0.2, 0.25) is 0 Å². The number of pyridine rings is 2. The minimum atomic E-state index is -0.246. The van der Waals surface area contributed by atoms with Crippen molar-refractivity contribution in [2.24, 2.45) is 0 Å². The summed E-state index contributed by atoms with van der Waals surface area (Å²) in [5, 5.41) is 2.86. The van der Waals surface area contributed by atoms with Crippen LogP contribution in [-0.2, 0) is 6.61 Å². The largest absolute Gasteiger partial charge is 0.490 e. The second kappa shape index (κ2) is 10.6. The van der Waals surface area contributed by atoms with E-state index in [0.717, 1.165) is 24.3 Å². The predicted octanol–water partition coefficient (Wildman–Crippen LogP) is 4.70. The molecule has 4 rings (SSSR count). The minimum absolute atomic E-state index is 0.246. The van der Waals surface area contributed by atoms with Crippen molar-refractivity contribution in [3.05, 3.63) is 72.2 Å². The quantitative estimate of drug-likeness (QED) is 0.556. The molecule has 1 aliphatic rings. The smallest absolute Gasteiger partial charge is 0.256 e. The summed E-state index contributed by atoms with van der Waals surface area (Å²) in [5.74, 6) is 1.39. The number of carbonyl (C=O) groups excluding carboxylic acids is 1. The van der Waals surface area contributed by atoms with Gasteiger partial charge in [-0.3, -0.25) is 9.78 Å². The maximum absolute atomic E-state index is 12.8. The first-order valence-corrected chi connectivity index (χ1v) is 11.0. The molecule has 0 atom stereocenters. The monoisotopic (exact) mass is 432 g/mol. The zero-order valence-corrected chi connectivity index (χ0v) is 18.3. The van der Waals surface area contributed by atoms with Crippen molar-refractivity contribution in [3.8, 4) is 11.5 Å². The molecule has 7 nitrogen and oxygen atoms in total. The Morgan fingerprint density at radius 3 is 2.53 bits per heavy atom. The summed E-state index contributed by atoms with van der Waals surface area (Å²) in [7, 11) is 0. The van der Waals surface area contributed by atoms with Crippen LogP contribution in [-0.4, -0.2) is 35.6 Å². The Morgan fingerprint density at radius 1 is 1.00 bits per heavy atom. The van der Waals surface area contributed by atoms with E-state index < -0.39 is 0 Å². The van der Waals surface area contributed by atoms with Gasteiger partial charge in [0.15, 0.2) is 11.5 Å². The second-order valence-corrected chi connectivity index (χ2v) is 7.64. The average molecular weight is 433 g/mol. The van der Waals surface area contributed by atoms with Gasteiger partial charge in [0.25, 0.3) is 5.91 Å². The van der Waals surface area contributed by atoms with Crippen LogP contribution >= 0.6 is 0 Å². The number of hydrogen-bond donors (Lipinski definition) is 1. The number of nitrogens with zero attached hydrogens (tertiary/aromatic N) is 3. The molecule has 7 heteroatoms. The topological polar surface area (TPSA) is 76.6 Å². The molecule has 1 fully saturated rings. The molecular formula is C25H28N4O3. The Labute approximate surface area is 188 Å². The zero-order chi connectivity index (χ0) is 22.2. The van der Waals surface area contributed by atoms with E-state index >= 15 is 0 Å². The molecule has 32 heavy (non-hydrogen) atoms. The highest BCUT2D eigenvalue weighted by molar-refractivity contribution is 6.04. The zero-order valence-electron chi connectivity index (χ0n) is 18.3. The van der Waals surface area contributed by atoms with E-state index in [2.05, 4.69) is 20.2 Å². The van der Waals surface area contributed by atoms with Gasteiger partial charge < -0.3 is 19.7 Å². The number of carbonyl (C=O) groups is 1. The maximum Gasteiger partial charge on any atom is 0.256 e. The molecule has 1 aromatic carbocycles. The number of anilines is 2. The van der Waals surface area contributed by atoms with Gasteiger partial charge in [-0.1, -0.05) is 0 Å². The van der Waals surface area contributed by atoms with Gasteiger partial charge in [0.2, 0.25) is 0 Å². The lowest BCUT2D eigenvalue weighted by Crippen LogP contribution is -2.29. The first-order chi connectivity index (χ1) is 15.7. The van der Waals surface area contributed by atoms with E-state index in [0.29, 0.717) is 36.1 Å². The van der Waals surface area contributed by atoms with Crippen molar-refractivity contribution in [1.82, 2.24) is 9.97 Å². The number of ether oxygens (including phenoxy) is 2. The van der Waals surface area contributed by atoms with E-state index in [-0.39, 0.29) is 5.91 Å². The Kier molecular flexibility index (Phi) is 7.17. The third kappa shape index (κ3) is 5.55. The molecule has 1 N–H and O–H groups in total. The first kappa shape index (κ1) is 21.6. The standard InChI is InChI=1S/C25H28N4O3/c1-2-31-23-16-20(6-8-22(23)32-18-19-10-12-26-13-11-19)25(30)28-24-9-7-21(17-27-24)29-14-4-3-5-15-29/h6-13,16-17H,2-5,14-15,18H2,1H3,(H,27,28,30). The number of rotatable bonds is 8. The van der Waals surface area contributed by atoms with Crippen molar-refractivity contribution in [3.63, 3.8) is 0 Å². The van der Waals surface area contributed by atoms with E-state index in [9.17, 15) is 4.79 Å². The first-order valence-electron chi connectivity index (χ1n) is 11.0. The maximum atomic E-state index is 12.8. The predicted molar refractivity (Wildman–Crippen MR) is 124 cm³/mol. The normalized spacial score (nSPS) is 13.5. The highest BCUT2D eigenvalue weighted by atomic mass is 16.5. The lowest BCUT2D eigenvalue weighted by Gasteiger charge is -2.28. The van der Waals surface area contributed by atoms with Gasteiger partial charge in [-0.15, -0.1) is 0 Å². The molecule has 0 unspecified atom stereocenters. The van der Waals surface area contributed by atoms with E-state index in [1.54, 1.807) is 30.6 Å². The second-order valence-electron chi connectivity index (χ2n) is 7.64. The van der Waals surface area contributed by atoms with Crippen LogP contribution < -0.4 is 19.7 Å². The van der Waals surface area contributed by atoms with Gasteiger partial charge in [0.1, 0.15) is 12.4 Å². The number of nitrogens with one attached hydrogen (secondary N) is 1. The third-order valence-corrected chi connectivity index (χ3v) is 5.36. The molecule has 1 saturated heterocycles. The van der Waals surface area contributed by atoms with Crippen LogP contribution in [0.25, 0.3) is 0 Å². The van der Waals surface area contributed by atoms with Gasteiger partial charge in [-0.05, 0) is 74.2 Å². The lowest BCUT2D eigenvalue weighted by atomic mass is 10.1. The van der Waals surface area contributed by atoms with Crippen LogP contribution in [0.5, 0.6) is 11.5 Å². The summed E-state index contributed by atoms with van der Waals surface area (Å²) in [6, 6.07) is 12.8. The number of amides is 1. The van der Waals surface area contributed by atoms with Crippen molar-refractivity contribution < 1.29 is 14.3 Å². The molecule has 0 saturated carbocycles. The molecule has 0 aliphatic carbocycles. The molecular weight excluding hydrogens is 404 g/mol. The molecule has 0 bridgehead atoms. The molecule has 166 valence electrons. The van der Waals surface area contributed by atoms with Crippen LogP contribution in [0.4, 0.5) is 11.5 Å². The van der Waals surface area contributed by atoms with E-state index in [1.165, 1.54) is 19.3 Å². The average Bonchev–Trinajstić information content (AvgIpc) is 2.85. The summed E-state index contributed by atoms with van der Waals surface area (Å²) in [6.07, 6.45) is 8.98. The number of hydrogen-bond acceptors (Lipinski definition) is 6. The molecule has 2 aromatic heterocycles. The summed E-state index contributed by atoms with van der Waals surface area (Å²) in [4.78, 5) is 23.6. The molecule has 0 radical (unpaired) electrons. The van der Waals surface area contributed by atoms with Crippen molar-refractivity contribution >= 4 is 17.4 Å². The van der Waals surface area contributed by atoms with Gasteiger partial charge >= 0.3 is 0 Å². The minimum Gasteiger partial charge on any atom is -0.490 e. The number of benzene rings is 1. The fraction of sp³-hybridized carbons (Fsp3) is 0.320. The Bertz CT molecular complexity index is 1020. The van der Waals surface area contributed by atoms with E-state index in [4.69, 9.17) is 9.47 Å². The number of piperidine rings is 1. The van der Waals surface area contributed by atoms with Gasteiger partial charge in [-0.25, -0.2) is 4.98 Å². The summed E-state index contributed by atoms with van der Waals surface area (Å²) in [5.41, 5.74) is 2.58. The lowest BCUT2D eigenvalue weighted by molar-refractivity contribution is 0.102. The Morgan fingerprint density at radius 2 is 1.81 bits per heavy atom. The number of aromatic nitrogens is 2. The van der Waals surface area contributed by atoms with Gasteiger partial charge in [0, 0.05) is 31.0 Å². The molecule has 3 aromatic rings.